The zero-order chi connectivity index (χ0) is 21.5. The lowest BCUT2D eigenvalue weighted by Crippen LogP contribution is -2.52. The van der Waals surface area contributed by atoms with Crippen LogP contribution in [0.25, 0.3) is 0 Å². The summed E-state index contributed by atoms with van der Waals surface area (Å²) in [7, 11) is 0. The molecule has 2 heterocycles. The normalized spacial score (nSPS) is 19.5. The summed E-state index contributed by atoms with van der Waals surface area (Å²) in [4.78, 5) is 43.0. The van der Waals surface area contributed by atoms with Gasteiger partial charge in [0.05, 0.1) is 6.54 Å². The predicted octanol–water partition coefficient (Wildman–Crippen LogP) is 1.43. The van der Waals surface area contributed by atoms with E-state index in [9.17, 15) is 14.4 Å². The summed E-state index contributed by atoms with van der Waals surface area (Å²) in [6, 6.07) is 7.05. The number of ether oxygens (including phenoxy) is 1. The highest BCUT2D eigenvalue weighted by atomic mass is 16.5. The number of amides is 3. The van der Waals surface area contributed by atoms with Crippen molar-refractivity contribution in [2.24, 2.45) is 0 Å². The van der Waals surface area contributed by atoms with Gasteiger partial charge in [0.15, 0.2) is 0 Å². The molecule has 2 saturated heterocycles. The molecule has 3 rings (SSSR count). The molecule has 2 aliphatic rings. The largest absolute Gasteiger partial charge is 0.368 e. The highest BCUT2D eigenvalue weighted by Gasteiger charge is 2.30. The Morgan fingerprint density at radius 2 is 1.87 bits per heavy atom. The zero-order valence-electron chi connectivity index (χ0n) is 17.9. The van der Waals surface area contributed by atoms with Crippen molar-refractivity contribution in [3.63, 3.8) is 0 Å². The molecule has 2 aliphatic heterocycles. The van der Waals surface area contributed by atoms with Gasteiger partial charge in [-0.1, -0.05) is 6.07 Å². The quantitative estimate of drug-likeness (QED) is 0.727. The molecule has 1 N–H and O–H groups in total. The van der Waals surface area contributed by atoms with E-state index in [-0.39, 0.29) is 30.4 Å². The van der Waals surface area contributed by atoms with E-state index in [2.05, 4.69) is 5.32 Å². The van der Waals surface area contributed by atoms with E-state index in [1.165, 1.54) is 0 Å². The topological polar surface area (TPSA) is 82.2 Å². The van der Waals surface area contributed by atoms with Crippen molar-refractivity contribution in [2.75, 3.05) is 57.7 Å². The summed E-state index contributed by atoms with van der Waals surface area (Å²) in [5.41, 5.74) is 1.18. The number of nitrogens with one attached hydrogen (secondary N) is 1. The second-order valence-corrected chi connectivity index (χ2v) is 7.71. The molecule has 0 bridgehead atoms. The molecule has 1 unspecified atom stereocenters. The fourth-order valence-electron chi connectivity index (χ4n) is 3.93. The van der Waals surface area contributed by atoms with E-state index in [0.717, 1.165) is 12.8 Å². The minimum atomic E-state index is -0.286. The van der Waals surface area contributed by atoms with Crippen LogP contribution in [-0.2, 0) is 14.3 Å². The third-order valence-electron chi connectivity index (χ3n) is 5.70. The van der Waals surface area contributed by atoms with E-state index in [1.54, 1.807) is 29.2 Å². The third kappa shape index (κ3) is 5.58. The number of carbonyl (C=O) groups is 3. The lowest BCUT2D eigenvalue weighted by atomic mass is 10.1. The first-order valence-corrected chi connectivity index (χ1v) is 10.8. The minimum absolute atomic E-state index is 0.0388. The van der Waals surface area contributed by atoms with Gasteiger partial charge in [-0.25, -0.2) is 0 Å². The Hall–Kier alpha value is -2.45. The van der Waals surface area contributed by atoms with Crippen LogP contribution in [-0.4, -0.2) is 90.9 Å². The van der Waals surface area contributed by atoms with E-state index in [0.29, 0.717) is 57.1 Å². The molecule has 0 saturated carbocycles. The van der Waals surface area contributed by atoms with Gasteiger partial charge < -0.3 is 19.9 Å². The Morgan fingerprint density at radius 3 is 2.50 bits per heavy atom. The van der Waals surface area contributed by atoms with Crippen molar-refractivity contribution in [3.8, 4) is 0 Å². The van der Waals surface area contributed by atoms with E-state index >= 15 is 0 Å². The number of anilines is 1. The molecule has 0 aromatic heterocycles. The molecule has 164 valence electrons. The lowest BCUT2D eigenvalue weighted by Gasteiger charge is -2.35. The molecule has 8 nitrogen and oxygen atoms in total. The Labute approximate surface area is 178 Å². The van der Waals surface area contributed by atoms with Crippen LogP contribution in [0.4, 0.5) is 5.69 Å². The van der Waals surface area contributed by atoms with Crippen LogP contribution in [0.3, 0.4) is 0 Å². The van der Waals surface area contributed by atoms with Crippen molar-refractivity contribution in [3.05, 3.63) is 29.8 Å². The maximum absolute atomic E-state index is 12.5. The van der Waals surface area contributed by atoms with Crippen LogP contribution in [0.15, 0.2) is 24.3 Å². The molecular weight excluding hydrogens is 384 g/mol. The second kappa shape index (κ2) is 10.5. The van der Waals surface area contributed by atoms with E-state index in [1.807, 2.05) is 23.6 Å². The summed E-state index contributed by atoms with van der Waals surface area (Å²) in [6.07, 6.45) is 1.46. The molecular formula is C22H32N4O4. The minimum Gasteiger partial charge on any atom is -0.368 e. The van der Waals surface area contributed by atoms with Crippen molar-refractivity contribution >= 4 is 23.4 Å². The van der Waals surface area contributed by atoms with Gasteiger partial charge in [-0.2, -0.15) is 0 Å². The average molecular weight is 417 g/mol. The summed E-state index contributed by atoms with van der Waals surface area (Å²) in [5.74, 6) is -0.0873. The number of hydrogen-bond donors (Lipinski definition) is 1. The third-order valence-corrected chi connectivity index (χ3v) is 5.70. The number of hydrogen-bond acceptors (Lipinski definition) is 5. The monoisotopic (exact) mass is 416 g/mol. The fourth-order valence-corrected chi connectivity index (χ4v) is 3.93. The highest BCUT2D eigenvalue weighted by molar-refractivity contribution is 5.97. The molecule has 2 fully saturated rings. The van der Waals surface area contributed by atoms with Crippen LogP contribution >= 0.6 is 0 Å². The van der Waals surface area contributed by atoms with Crippen LogP contribution in [0.2, 0.25) is 0 Å². The fraction of sp³-hybridized carbons (Fsp3) is 0.591. The first-order chi connectivity index (χ1) is 14.5. The zero-order valence-corrected chi connectivity index (χ0v) is 17.9. The number of carbonyl (C=O) groups excluding carboxylic acids is 3. The maximum atomic E-state index is 12.5. The van der Waals surface area contributed by atoms with Gasteiger partial charge in [0.2, 0.25) is 5.91 Å². The highest BCUT2D eigenvalue weighted by Crippen LogP contribution is 2.16. The summed E-state index contributed by atoms with van der Waals surface area (Å²) in [6.45, 7) is 8.65. The molecule has 30 heavy (non-hydrogen) atoms. The van der Waals surface area contributed by atoms with Crippen LogP contribution in [0.1, 0.15) is 37.0 Å². The summed E-state index contributed by atoms with van der Waals surface area (Å²) in [5, 5.41) is 2.89. The van der Waals surface area contributed by atoms with Gasteiger partial charge >= 0.3 is 0 Å². The number of nitrogens with zero attached hydrogens (tertiary/aromatic N) is 3. The van der Waals surface area contributed by atoms with Crippen molar-refractivity contribution in [2.45, 2.75) is 32.8 Å². The Morgan fingerprint density at radius 1 is 1.13 bits per heavy atom. The summed E-state index contributed by atoms with van der Waals surface area (Å²) >= 11 is 0. The van der Waals surface area contributed by atoms with Gasteiger partial charge in [0.25, 0.3) is 11.8 Å². The lowest BCUT2D eigenvalue weighted by molar-refractivity contribution is -0.142. The van der Waals surface area contributed by atoms with Crippen molar-refractivity contribution < 1.29 is 19.1 Å². The Bertz CT molecular complexity index is 751. The van der Waals surface area contributed by atoms with Gasteiger partial charge in [-0.15, -0.1) is 0 Å². The molecule has 1 aromatic carbocycles. The predicted molar refractivity (Wildman–Crippen MR) is 114 cm³/mol. The molecule has 0 radical (unpaired) electrons. The maximum Gasteiger partial charge on any atom is 0.253 e. The molecule has 8 heteroatoms. The molecule has 0 aliphatic carbocycles. The van der Waals surface area contributed by atoms with Gasteiger partial charge in [0, 0.05) is 57.1 Å². The van der Waals surface area contributed by atoms with Crippen LogP contribution < -0.4 is 5.32 Å². The number of rotatable bonds is 7. The summed E-state index contributed by atoms with van der Waals surface area (Å²) < 4.78 is 5.49. The van der Waals surface area contributed by atoms with E-state index < -0.39 is 0 Å². The number of piperazine rings is 1. The molecule has 1 atom stereocenters. The Kier molecular flexibility index (Phi) is 7.81. The van der Waals surface area contributed by atoms with Crippen molar-refractivity contribution in [1.29, 1.82) is 0 Å². The van der Waals surface area contributed by atoms with Gasteiger partial charge in [-0.05, 0) is 44.9 Å². The Balaban J connectivity index is 1.47. The van der Waals surface area contributed by atoms with E-state index in [4.69, 9.17) is 4.74 Å². The smallest absolute Gasteiger partial charge is 0.253 e. The van der Waals surface area contributed by atoms with Gasteiger partial charge in [0.1, 0.15) is 6.10 Å². The number of benzene rings is 1. The molecule has 1 aromatic rings. The van der Waals surface area contributed by atoms with Crippen LogP contribution in [0.5, 0.6) is 0 Å². The van der Waals surface area contributed by atoms with Gasteiger partial charge in [-0.3, -0.25) is 19.3 Å². The standard InChI is InChI=1S/C22H32N4O4/c1-3-25(4-2)21(28)17-7-5-8-18(15-17)23-20(27)16-24-10-12-26(13-11-24)22(29)19-9-6-14-30-19/h5,7-8,15,19H,3-4,6,9-14,16H2,1-2H3,(H,23,27). The van der Waals surface area contributed by atoms with Crippen molar-refractivity contribution in [1.82, 2.24) is 14.7 Å². The molecule has 0 spiro atoms. The second-order valence-electron chi connectivity index (χ2n) is 7.71. The molecule has 3 amide bonds. The average Bonchev–Trinajstić information content (AvgIpc) is 3.29. The first-order valence-electron chi connectivity index (χ1n) is 10.8. The first kappa shape index (κ1) is 22.2. The van der Waals surface area contributed by atoms with Crippen LogP contribution in [0, 0.1) is 0 Å². The SMILES string of the molecule is CCN(CC)C(=O)c1cccc(NC(=O)CN2CCN(C(=O)C3CCCO3)CC2)c1.